The maximum atomic E-state index is 11.8. The lowest BCUT2D eigenvalue weighted by molar-refractivity contribution is 0.0956. The van der Waals surface area contributed by atoms with Crippen molar-refractivity contribution in [3.63, 3.8) is 0 Å². The topological polar surface area (TPSA) is 50.4 Å². The van der Waals surface area contributed by atoms with Crippen LogP contribution in [-0.4, -0.2) is 19.6 Å². The molecule has 2 N–H and O–H groups in total. The van der Waals surface area contributed by atoms with Crippen molar-refractivity contribution in [2.45, 2.75) is 13.5 Å². The van der Waals surface area contributed by atoms with Crippen molar-refractivity contribution in [3.8, 4) is 5.75 Å². The second kappa shape index (κ2) is 7.33. The molecule has 2 rings (SSSR count). The van der Waals surface area contributed by atoms with Crippen LogP contribution in [0.25, 0.3) is 0 Å². The minimum Gasteiger partial charge on any atom is -0.496 e. The Morgan fingerprint density at radius 2 is 1.95 bits per heavy atom. The van der Waals surface area contributed by atoms with E-state index in [1.807, 2.05) is 49.4 Å². The number of hydrogen-bond acceptors (Lipinski definition) is 3. The van der Waals surface area contributed by atoms with E-state index in [4.69, 9.17) is 4.74 Å². The van der Waals surface area contributed by atoms with Crippen LogP contribution in [0.3, 0.4) is 0 Å². The Balaban J connectivity index is 2.06. The number of nitrogens with one attached hydrogen (secondary N) is 2. The molecule has 0 radical (unpaired) electrons. The van der Waals surface area contributed by atoms with E-state index in [-0.39, 0.29) is 5.91 Å². The number of carbonyl (C=O) groups excluding carboxylic acids is 1. The lowest BCUT2D eigenvalue weighted by Gasteiger charge is -2.11. The Hall–Kier alpha value is -2.49. The highest BCUT2D eigenvalue weighted by atomic mass is 16.5. The van der Waals surface area contributed by atoms with E-state index >= 15 is 0 Å². The van der Waals surface area contributed by atoms with Gasteiger partial charge in [-0.1, -0.05) is 24.3 Å². The van der Waals surface area contributed by atoms with E-state index in [2.05, 4.69) is 10.6 Å². The van der Waals surface area contributed by atoms with Gasteiger partial charge in [-0.2, -0.15) is 0 Å². The second-order valence-corrected chi connectivity index (χ2v) is 4.61. The quantitative estimate of drug-likeness (QED) is 0.857. The third-order valence-electron chi connectivity index (χ3n) is 3.14. The second-order valence-electron chi connectivity index (χ2n) is 4.61. The highest BCUT2D eigenvalue weighted by Gasteiger charge is 2.05. The fraction of sp³-hybridized carbons (Fsp3) is 0.235. The molecule has 21 heavy (non-hydrogen) atoms. The largest absolute Gasteiger partial charge is 0.496 e. The Labute approximate surface area is 125 Å². The SMILES string of the molecule is CCNC(=O)c1cccc(NCc2ccccc2OC)c1. The number of methoxy groups -OCH3 is 1. The fourth-order valence-corrected chi connectivity index (χ4v) is 2.08. The van der Waals surface area contributed by atoms with Crippen molar-refractivity contribution >= 4 is 11.6 Å². The highest BCUT2D eigenvalue weighted by molar-refractivity contribution is 5.95. The number of para-hydroxylation sites is 1. The van der Waals surface area contributed by atoms with Crippen LogP contribution in [-0.2, 0) is 6.54 Å². The van der Waals surface area contributed by atoms with Gasteiger partial charge in [-0.3, -0.25) is 4.79 Å². The minimum absolute atomic E-state index is 0.0570. The van der Waals surface area contributed by atoms with Gasteiger partial charge in [0, 0.05) is 29.9 Å². The predicted octanol–water partition coefficient (Wildman–Crippen LogP) is 3.06. The fourth-order valence-electron chi connectivity index (χ4n) is 2.08. The van der Waals surface area contributed by atoms with Gasteiger partial charge >= 0.3 is 0 Å². The van der Waals surface area contributed by atoms with Crippen LogP contribution < -0.4 is 15.4 Å². The number of benzene rings is 2. The molecule has 1 amide bonds. The predicted molar refractivity (Wildman–Crippen MR) is 84.8 cm³/mol. The van der Waals surface area contributed by atoms with Gasteiger partial charge in [-0.15, -0.1) is 0 Å². The van der Waals surface area contributed by atoms with E-state index in [9.17, 15) is 4.79 Å². The Morgan fingerprint density at radius 1 is 1.14 bits per heavy atom. The molecule has 0 aromatic heterocycles. The summed E-state index contributed by atoms with van der Waals surface area (Å²) in [6, 6.07) is 15.3. The molecule has 110 valence electrons. The number of carbonyl (C=O) groups is 1. The van der Waals surface area contributed by atoms with Crippen molar-refractivity contribution in [2.75, 3.05) is 19.0 Å². The van der Waals surface area contributed by atoms with Crippen molar-refractivity contribution in [1.82, 2.24) is 5.32 Å². The molecular weight excluding hydrogens is 264 g/mol. The minimum atomic E-state index is -0.0570. The average molecular weight is 284 g/mol. The molecule has 0 saturated heterocycles. The lowest BCUT2D eigenvalue weighted by atomic mass is 10.1. The first-order chi connectivity index (χ1) is 10.2. The number of ether oxygens (including phenoxy) is 1. The monoisotopic (exact) mass is 284 g/mol. The molecule has 0 spiro atoms. The normalized spacial score (nSPS) is 10.0. The summed E-state index contributed by atoms with van der Waals surface area (Å²) in [5, 5.41) is 6.11. The third kappa shape index (κ3) is 3.99. The van der Waals surface area contributed by atoms with Gasteiger partial charge in [-0.05, 0) is 31.2 Å². The Morgan fingerprint density at radius 3 is 2.71 bits per heavy atom. The summed E-state index contributed by atoms with van der Waals surface area (Å²) in [6.07, 6.45) is 0. The molecule has 0 aliphatic carbocycles. The van der Waals surface area contributed by atoms with Crippen molar-refractivity contribution in [3.05, 3.63) is 59.7 Å². The smallest absolute Gasteiger partial charge is 0.251 e. The molecule has 0 heterocycles. The zero-order chi connectivity index (χ0) is 15.1. The van der Waals surface area contributed by atoms with E-state index < -0.39 is 0 Å². The Kier molecular flexibility index (Phi) is 5.21. The van der Waals surface area contributed by atoms with Crippen LogP contribution in [0, 0.1) is 0 Å². The number of rotatable bonds is 6. The van der Waals surface area contributed by atoms with Crippen LogP contribution in [0.15, 0.2) is 48.5 Å². The standard InChI is InChI=1S/C17H20N2O2/c1-3-18-17(20)13-8-6-9-15(11-13)19-12-14-7-4-5-10-16(14)21-2/h4-11,19H,3,12H2,1-2H3,(H,18,20). The van der Waals surface area contributed by atoms with Crippen molar-refractivity contribution < 1.29 is 9.53 Å². The first-order valence-corrected chi connectivity index (χ1v) is 6.98. The summed E-state index contributed by atoms with van der Waals surface area (Å²) in [5.74, 6) is 0.795. The summed E-state index contributed by atoms with van der Waals surface area (Å²) < 4.78 is 5.32. The summed E-state index contributed by atoms with van der Waals surface area (Å²) >= 11 is 0. The Bertz CT molecular complexity index is 611. The summed E-state index contributed by atoms with van der Waals surface area (Å²) in [4.78, 5) is 11.8. The maximum absolute atomic E-state index is 11.8. The van der Waals surface area contributed by atoms with Gasteiger partial charge in [0.15, 0.2) is 0 Å². The molecule has 0 saturated carbocycles. The molecule has 4 nitrogen and oxygen atoms in total. The summed E-state index contributed by atoms with van der Waals surface area (Å²) in [6.45, 7) is 3.17. The molecule has 0 atom stereocenters. The lowest BCUT2D eigenvalue weighted by Crippen LogP contribution is -2.22. The first kappa shape index (κ1) is 14.9. The molecule has 0 unspecified atom stereocenters. The van der Waals surface area contributed by atoms with E-state index in [1.54, 1.807) is 13.2 Å². The summed E-state index contributed by atoms with van der Waals surface area (Å²) in [5.41, 5.74) is 2.63. The van der Waals surface area contributed by atoms with Gasteiger partial charge in [-0.25, -0.2) is 0 Å². The van der Waals surface area contributed by atoms with Crippen LogP contribution in [0.1, 0.15) is 22.8 Å². The van der Waals surface area contributed by atoms with E-state index in [1.165, 1.54) is 0 Å². The molecule has 0 fully saturated rings. The molecule has 0 aliphatic heterocycles. The molecule has 2 aromatic rings. The summed E-state index contributed by atoms with van der Waals surface area (Å²) in [7, 11) is 1.66. The van der Waals surface area contributed by atoms with Gasteiger partial charge in [0.2, 0.25) is 0 Å². The van der Waals surface area contributed by atoms with E-state index in [0.29, 0.717) is 18.7 Å². The van der Waals surface area contributed by atoms with Crippen LogP contribution in [0.4, 0.5) is 5.69 Å². The molecule has 0 bridgehead atoms. The van der Waals surface area contributed by atoms with Crippen LogP contribution in [0.2, 0.25) is 0 Å². The zero-order valence-corrected chi connectivity index (χ0v) is 12.3. The number of hydrogen-bond donors (Lipinski definition) is 2. The number of anilines is 1. The zero-order valence-electron chi connectivity index (χ0n) is 12.3. The van der Waals surface area contributed by atoms with Gasteiger partial charge < -0.3 is 15.4 Å². The van der Waals surface area contributed by atoms with E-state index in [0.717, 1.165) is 17.0 Å². The van der Waals surface area contributed by atoms with Crippen LogP contribution in [0.5, 0.6) is 5.75 Å². The third-order valence-corrected chi connectivity index (χ3v) is 3.14. The molecule has 4 heteroatoms. The van der Waals surface area contributed by atoms with Gasteiger partial charge in [0.1, 0.15) is 5.75 Å². The maximum Gasteiger partial charge on any atom is 0.251 e. The molecular formula is C17H20N2O2. The first-order valence-electron chi connectivity index (χ1n) is 6.98. The van der Waals surface area contributed by atoms with Gasteiger partial charge in [0.25, 0.3) is 5.91 Å². The van der Waals surface area contributed by atoms with Crippen LogP contribution >= 0.6 is 0 Å². The number of amides is 1. The average Bonchev–Trinajstić information content (AvgIpc) is 2.53. The highest BCUT2D eigenvalue weighted by Crippen LogP contribution is 2.19. The van der Waals surface area contributed by atoms with Crippen molar-refractivity contribution in [2.24, 2.45) is 0 Å². The molecule has 0 aliphatic rings. The van der Waals surface area contributed by atoms with Crippen molar-refractivity contribution in [1.29, 1.82) is 0 Å². The van der Waals surface area contributed by atoms with Gasteiger partial charge in [0.05, 0.1) is 7.11 Å². The molecule has 2 aromatic carbocycles.